The van der Waals surface area contributed by atoms with Gasteiger partial charge >= 0.3 is 0 Å². The van der Waals surface area contributed by atoms with E-state index in [2.05, 4.69) is 24.5 Å². The molecule has 0 spiro atoms. The maximum absolute atomic E-state index is 11.5. The van der Waals surface area contributed by atoms with Crippen LogP contribution in [0.1, 0.15) is 27.2 Å². The number of carbonyl (C=O) groups excluding carboxylic acids is 1. The molecule has 1 amide bonds. The molecule has 0 bridgehead atoms. The number of amides is 1. The van der Waals surface area contributed by atoms with Gasteiger partial charge < -0.3 is 16.4 Å². The Balaban J connectivity index is 4.17. The van der Waals surface area contributed by atoms with Gasteiger partial charge in [0.05, 0.1) is 6.04 Å². The third-order valence-corrected chi connectivity index (χ3v) is 2.11. The van der Waals surface area contributed by atoms with Crippen LogP contribution in [-0.4, -0.2) is 31.6 Å². The first-order chi connectivity index (χ1) is 6.51. The zero-order chi connectivity index (χ0) is 11.1. The van der Waals surface area contributed by atoms with Crippen LogP contribution < -0.4 is 16.4 Å². The number of carbonyl (C=O) groups is 1. The van der Waals surface area contributed by atoms with E-state index in [1.54, 1.807) is 7.05 Å². The average molecular weight is 201 g/mol. The topological polar surface area (TPSA) is 67.2 Å². The predicted octanol–water partition coefficient (Wildman–Crippen LogP) is 0.0839. The fourth-order valence-corrected chi connectivity index (χ4v) is 1.31. The Labute approximate surface area is 86.6 Å². The molecule has 0 aliphatic rings. The van der Waals surface area contributed by atoms with Gasteiger partial charge in [0.15, 0.2) is 0 Å². The van der Waals surface area contributed by atoms with Crippen molar-refractivity contribution in [3.63, 3.8) is 0 Å². The minimum atomic E-state index is -0.126. The van der Waals surface area contributed by atoms with E-state index in [0.717, 1.165) is 6.42 Å². The van der Waals surface area contributed by atoms with Gasteiger partial charge in [0.2, 0.25) is 5.91 Å². The van der Waals surface area contributed by atoms with Gasteiger partial charge in [-0.3, -0.25) is 4.79 Å². The molecule has 84 valence electrons. The van der Waals surface area contributed by atoms with Crippen molar-refractivity contribution < 1.29 is 4.79 Å². The Morgan fingerprint density at radius 3 is 2.29 bits per heavy atom. The van der Waals surface area contributed by atoms with Crippen LogP contribution in [0.4, 0.5) is 0 Å². The maximum atomic E-state index is 11.5. The van der Waals surface area contributed by atoms with E-state index in [9.17, 15) is 4.79 Å². The van der Waals surface area contributed by atoms with Gasteiger partial charge in [-0.25, -0.2) is 0 Å². The second kappa shape index (κ2) is 6.79. The van der Waals surface area contributed by atoms with E-state index in [0.29, 0.717) is 12.5 Å². The molecule has 0 radical (unpaired) electrons. The van der Waals surface area contributed by atoms with Gasteiger partial charge in [-0.1, -0.05) is 13.8 Å². The number of nitrogens with two attached hydrogens (primary N) is 1. The summed E-state index contributed by atoms with van der Waals surface area (Å²) in [5.74, 6) is 0.536. The zero-order valence-electron chi connectivity index (χ0n) is 9.63. The standard InChI is InChI=1S/C10H23N3O/c1-7(2)5-9(10(14)12-4)13-8(3)6-11/h7-9,13H,5-6,11H2,1-4H3,(H,12,14). The Morgan fingerprint density at radius 1 is 1.36 bits per heavy atom. The number of hydrogen-bond acceptors (Lipinski definition) is 3. The highest BCUT2D eigenvalue weighted by Gasteiger charge is 2.19. The monoisotopic (exact) mass is 201 g/mol. The van der Waals surface area contributed by atoms with Crippen molar-refractivity contribution in [1.82, 2.24) is 10.6 Å². The molecule has 0 saturated heterocycles. The fraction of sp³-hybridized carbons (Fsp3) is 0.900. The molecule has 4 nitrogen and oxygen atoms in total. The molecule has 0 heterocycles. The van der Waals surface area contributed by atoms with Crippen molar-refractivity contribution >= 4 is 5.91 Å². The number of nitrogens with one attached hydrogen (secondary N) is 2. The molecule has 4 N–H and O–H groups in total. The second-order valence-corrected chi connectivity index (χ2v) is 4.10. The molecule has 0 aliphatic carbocycles. The first kappa shape index (κ1) is 13.4. The highest BCUT2D eigenvalue weighted by atomic mass is 16.2. The lowest BCUT2D eigenvalue weighted by atomic mass is 10.0. The lowest BCUT2D eigenvalue weighted by Crippen LogP contribution is -2.49. The molecule has 0 rings (SSSR count). The van der Waals surface area contributed by atoms with E-state index in [-0.39, 0.29) is 18.0 Å². The lowest BCUT2D eigenvalue weighted by Gasteiger charge is -2.22. The summed E-state index contributed by atoms with van der Waals surface area (Å²) in [6.07, 6.45) is 0.837. The molecule has 0 aliphatic heterocycles. The minimum Gasteiger partial charge on any atom is -0.358 e. The molecule has 0 saturated carbocycles. The third kappa shape index (κ3) is 5.19. The van der Waals surface area contributed by atoms with Gasteiger partial charge in [0, 0.05) is 19.6 Å². The van der Waals surface area contributed by atoms with Gasteiger partial charge in [0.1, 0.15) is 0 Å². The predicted molar refractivity (Wildman–Crippen MR) is 59.0 cm³/mol. The summed E-state index contributed by atoms with van der Waals surface area (Å²) >= 11 is 0. The maximum Gasteiger partial charge on any atom is 0.236 e. The number of rotatable bonds is 6. The SMILES string of the molecule is CNC(=O)C(CC(C)C)NC(C)CN. The summed E-state index contributed by atoms with van der Waals surface area (Å²) < 4.78 is 0. The van der Waals surface area contributed by atoms with Crippen LogP contribution in [0.3, 0.4) is 0 Å². The highest BCUT2D eigenvalue weighted by Crippen LogP contribution is 2.05. The van der Waals surface area contributed by atoms with E-state index in [1.165, 1.54) is 0 Å². The highest BCUT2D eigenvalue weighted by molar-refractivity contribution is 5.81. The Kier molecular flexibility index (Phi) is 6.49. The van der Waals surface area contributed by atoms with Crippen LogP contribution in [-0.2, 0) is 4.79 Å². The molecule has 0 aromatic carbocycles. The summed E-state index contributed by atoms with van der Waals surface area (Å²) in [6, 6.07) is 0.0506. The van der Waals surface area contributed by atoms with Crippen molar-refractivity contribution in [2.24, 2.45) is 11.7 Å². The first-order valence-corrected chi connectivity index (χ1v) is 5.19. The fourth-order valence-electron chi connectivity index (χ4n) is 1.31. The lowest BCUT2D eigenvalue weighted by molar-refractivity contribution is -0.123. The smallest absolute Gasteiger partial charge is 0.236 e. The molecule has 4 heteroatoms. The van der Waals surface area contributed by atoms with Gasteiger partial charge in [-0.2, -0.15) is 0 Å². The molecule has 14 heavy (non-hydrogen) atoms. The zero-order valence-corrected chi connectivity index (χ0v) is 9.63. The normalized spacial score (nSPS) is 15.3. The van der Waals surface area contributed by atoms with Gasteiger partial charge in [-0.15, -0.1) is 0 Å². The quantitative estimate of drug-likeness (QED) is 0.570. The first-order valence-electron chi connectivity index (χ1n) is 5.19. The van der Waals surface area contributed by atoms with Crippen molar-refractivity contribution in [1.29, 1.82) is 0 Å². The largest absolute Gasteiger partial charge is 0.358 e. The summed E-state index contributed by atoms with van der Waals surface area (Å²) in [7, 11) is 1.66. The molecule has 0 aromatic rings. The Hall–Kier alpha value is -0.610. The molecular weight excluding hydrogens is 178 g/mol. The third-order valence-electron chi connectivity index (χ3n) is 2.11. The van der Waals surface area contributed by atoms with Crippen LogP contribution in [0.15, 0.2) is 0 Å². The van der Waals surface area contributed by atoms with E-state index >= 15 is 0 Å². The van der Waals surface area contributed by atoms with Crippen molar-refractivity contribution in [3.8, 4) is 0 Å². The summed E-state index contributed by atoms with van der Waals surface area (Å²) in [5.41, 5.74) is 5.50. The van der Waals surface area contributed by atoms with Crippen molar-refractivity contribution in [2.45, 2.75) is 39.3 Å². The number of hydrogen-bond donors (Lipinski definition) is 3. The minimum absolute atomic E-state index is 0.0407. The summed E-state index contributed by atoms with van der Waals surface area (Å²) in [6.45, 7) is 6.73. The van der Waals surface area contributed by atoms with Gasteiger partial charge in [0.25, 0.3) is 0 Å². The Bertz CT molecular complexity index is 171. The van der Waals surface area contributed by atoms with E-state index in [4.69, 9.17) is 5.73 Å². The second-order valence-electron chi connectivity index (χ2n) is 4.10. The number of likely N-dealkylation sites (N-methyl/N-ethyl adjacent to an activating group) is 1. The molecule has 2 atom stereocenters. The molecule has 0 aromatic heterocycles. The Morgan fingerprint density at radius 2 is 1.93 bits per heavy atom. The molecule has 0 fully saturated rings. The van der Waals surface area contributed by atoms with Crippen molar-refractivity contribution in [3.05, 3.63) is 0 Å². The van der Waals surface area contributed by atoms with Crippen LogP contribution in [0, 0.1) is 5.92 Å². The van der Waals surface area contributed by atoms with Crippen molar-refractivity contribution in [2.75, 3.05) is 13.6 Å². The average Bonchev–Trinajstić information content (AvgIpc) is 2.14. The molecular formula is C10H23N3O. The summed E-state index contributed by atoms with van der Waals surface area (Å²) in [4.78, 5) is 11.5. The summed E-state index contributed by atoms with van der Waals surface area (Å²) in [5, 5.41) is 5.87. The van der Waals surface area contributed by atoms with Crippen LogP contribution >= 0.6 is 0 Å². The van der Waals surface area contributed by atoms with Gasteiger partial charge in [-0.05, 0) is 19.3 Å². The van der Waals surface area contributed by atoms with E-state index in [1.807, 2.05) is 6.92 Å². The molecule has 2 unspecified atom stereocenters. The van der Waals surface area contributed by atoms with Crippen LogP contribution in [0.2, 0.25) is 0 Å². The van der Waals surface area contributed by atoms with Crippen LogP contribution in [0.5, 0.6) is 0 Å². The van der Waals surface area contributed by atoms with Crippen LogP contribution in [0.25, 0.3) is 0 Å². The van der Waals surface area contributed by atoms with E-state index < -0.39 is 0 Å².